The van der Waals surface area contributed by atoms with Crippen molar-refractivity contribution < 1.29 is 10.2 Å². The second-order valence-corrected chi connectivity index (χ2v) is 11.6. The summed E-state index contributed by atoms with van der Waals surface area (Å²) >= 11 is 0. The Morgan fingerprint density at radius 2 is 1.73 bits per heavy atom. The van der Waals surface area contributed by atoms with Gasteiger partial charge in [-0.3, -0.25) is 14.9 Å². The number of hydrogen-bond acceptors (Lipinski definition) is 5. The van der Waals surface area contributed by atoms with Gasteiger partial charge in [-0.25, -0.2) is 0 Å². The van der Waals surface area contributed by atoms with Crippen molar-refractivity contribution in [1.29, 1.82) is 0 Å². The van der Waals surface area contributed by atoms with Crippen molar-refractivity contribution in [1.82, 2.24) is 14.9 Å². The molecule has 2 fully saturated rings. The van der Waals surface area contributed by atoms with Crippen LogP contribution in [0.2, 0.25) is 0 Å². The van der Waals surface area contributed by atoms with Crippen LogP contribution in [0.4, 0.5) is 0 Å². The maximum atomic E-state index is 12.6. The molecule has 2 N–H and O–H groups in total. The number of hydrogen-bond donors (Lipinski definition) is 2. The fraction of sp³-hybridized carbons (Fsp3) is 0.438. The lowest BCUT2D eigenvalue weighted by Gasteiger charge is -2.57. The van der Waals surface area contributed by atoms with Gasteiger partial charge in [-0.2, -0.15) is 0 Å². The van der Waals surface area contributed by atoms with Gasteiger partial charge in [-0.1, -0.05) is 62.9 Å². The van der Waals surface area contributed by atoms with Crippen LogP contribution in [0.25, 0.3) is 0 Å². The molecule has 1 unspecified atom stereocenters. The SMILES string of the molecule is Cc1cccc(C(C)(O)C#Cc2cncc([C@@](O)(c3ccc(C(C)C)cc3)C3(C)CN(C4CC4)C3)c2)n1. The van der Waals surface area contributed by atoms with Gasteiger partial charge >= 0.3 is 0 Å². The van der Waals surface area contributed by atoms with E-state index in [1.807, 2.05) is 25.1 Å². The summed E-state index contributed by atoms with van der Waals surface area (Å²) in [5.74, 6) is 6.48. The Kier molecular flexibility index (Phi) is 6.48. The quantitative estimate of drug-likeness (QED) is 0.477. The Labute approximate surface area is 220 Å². The molecule has 2 atom stereocenters. The van der Waals surface area contributed by atoms with Crippen LogP contribution in [-0.2, 0) is 11.2 Å². The highest BCUT2D eigenvalue weighted by atomic mass is 16.3. The van der Waals surface area contributed by atoms with Crippen LogP contribution in [0, 0.1) is 24.2 Å². The van der Waals surface area contributed by atoms with E-state index >= 15 is 0 Å². The molecule has 1 aliphatic carbocycles. The number of benzene rings is 1. The van der Waals surface area contributed by atoms with E-state index in [-0.39, 0.29) is 5.41 Å². The fourth-order valence-corrected chi connectivity index (χ4v) is 5.53. The second kappa shape index (κ2) is 9.36. The van der Waals surface area contributed by atoms with Crippen molar-refractivity contribution in [2.75, 3.05) is 13.1 Å². The summed E-state index contributed by atoms with van der Waals surface area (Å²) in [6, 6.07) is 16.5. The first kappa shape index (κ1) is 25.6. The monoisotopic (exact) mass is 495 g/mol. The van der Waals surface area contributed by atoms with E-state index in [0.717, 1.165) is 29.9 Å². The zero-order valence-corrected chi connectivity index (χ0v) is 22.5. The number of aromatic nitrogens is 2. The van der Waals surface area contributed by atoms with E-state index in [1.54, 1.807) is 25.4 Å². The molecule has 5 nitrogen and oxygen atoms in total. The summed E-state index contributed by atoms with van der Waals surface area (Å²) in [7, 11) is 0. The minimum absolute atomic E-state index is 0.361. The van der Waals surface area contributed by atoms with Gasteiger partial charge in [0.1, 0.15) is 5.60 Å². The maximum absolute atomic E-state index is 12.6. The van der Waals surface area contributed by atoms with Gasteiger partial charge in [0, 0.05) is 53.8 Å². The predicted molar refractivity (Wildman–Crippen MR) is 146 cm³/mol. The van der Waals surface area contributed by atoms with Crippen molar-refractivity contribution in [2.45, 2.75) is 70.6 Å². The van der Waals surface area contributed by atoms with Crippen molar-refractivity contribution >= 4 is 0 Å². The number of nitrogens with zero attached hydrogens (tertiary/aromatic N) is 3. The minimum atomic E-state index is -1.41. The van der Waals surface area contributed by atoms with Gasteiger partial charge in [0.15, 0.2) is 5.60 Å². The van der Waals surface area contributed by atoms with Crippen LogP contribution in [0.15, 0.2) is 60.9 Å². The summed E-state index contributed by atoms with van der Waals surface area (Å²) in [4.78, 5) is 11.4. The normalized spacial score (nSPS) is 20.3. The molecule has 192 valence electrons. The van der Waals surface area contributed by atoms with Gasteiger partial charge in [0.05, 0.1) is 5.69 Å². The van der Waals surface area contributed by atoms with Crippen molar-refractivity contribution in [3.8, 4) is 11.8 Å². The number of aryl methyl sites for hydroxylation is 1. The molecule has 0 amide bonds. The summed E-state index contributed by atoms with van der Waals surface area (Å²) in [5, 5.41) is 23.6. The Hall–Kier alpha value is -3.04. The van der Waals surface area contributed by atoms with Gasteiger partial charge in [0.25, 0.3) is 0 Å². The van der Waals surface area contributed by atoms with E-state index in [2.05, 4.69) is 71.7 Å². The standard InChI is InChI=1S/C32H37N3O2/c1-22(2)25-9-11-26(12-10-25)32(37,30(4)20-35(21-30)28-13-14-28)27-17-24(18-33-19-27)15-16-31(5,36)29-8-6-7-23(3)34-29/h6-12,17-19,22,28,36-37H,13-14,20-21H2,1-5H3/t31?,32-/m0/s1. The van der Waals surface area contributed by atoms with E-state index in [9.17, 15) is 10.2 Å². The molecule has 3 aromatic rings. The first-order valence-electron chi connectivity index (χ1n) is 13.2. The Bertz CT molecular complexity index is 1340. The van der Waals surface area contributed by atoms with E-state index in [1.165, 1.54) is 18.4 Å². The first-order chi connectivity index (χ1) is 17.5. The zero-order valence-electron chi connectivity index (χ0n) is 22.5. The van der Waals surface area contributed by atoms with Crippen LogP contribution in [0.5, 0.6) is 0 Å². The molecule has 0 spiro atoms. The van der Waals surface area contributed by atoms with Crippen LogP contribution < -0.4 is 0 Å². The average Bonchev–Trinajstić information content (AvgIpc) is 3.70. The molecule has 37 heavy (non-hydrogen) atoms. The summed E-state index contributed by atoms with van der Waals surface area (Å²) in [6.45, 7) is 11.7. The highest BCUT2D eigenvalue weighted by Crippen LogP contribution is 2.52. The van der Waals surface area contributed by atoms with E-state index < -0.39 is 11.2 Å². The van der Waals surface area contributed by atoms with Gasteiger partial charge in [-0.15, -0.1) is 0 Å². The van der Waals surface area contributed by atoms with Crippen LogP contribution in [-0.4, -0.2) is 44.2 Å². The average molecular weight is 496 g/mol. The fourth-order valence-electron chi connectivity index (χ4n) is 5.53. The molecule has 5 rings (SSSR count). The molecule has 2 aliphatic rings. The zero-order chi connectivity index (χ0) is 26.4. The first-order valence-corrected chi connectivity index (χ1v) is 13.2. The lowest BCUT2D eigenvalue weighted by atomic mass is 9.62. The van der Waals surface area contributed by atoms with Gasteiger partial charge < -0.3 is 10.2 Å². The molecule has 1 saturated heterocycles. The molecule has 0 radical (unpaired) electrons. The molecule has 3 heterocycles. The van der Waals surface area contributed by atoms with Crippen molar-refractivity contribution in [3.05, 3.63) is 94.6 Å². The van der Waals surface area contributed by atoms with E-state index in [0.29, 0.717) is 23.2 Å². The molecule has 1 saturated carbocycles. The lowest BCUT2D eigenvalue weighted by Crippen LogP contribution is -2.65. The molecule has 1 aromatic carbocycles. The van der Waals surface area contributed by atoms with Crippen molar-refractivity contribution in [3.63, 3.8) is 0 Å². The highest BCUT2D eigenvalue weighted by molar-refractivity contribution is 5.45. The molecule has 5 heteroatoms. The lowest BCUT2D eigenvalue weighted by molar-refractivity contribution is -0.138. The summed E-state index contributed by atoms with van der Waals surface area (Å²) in [5.41, 5.74) is 1.83. The molecule has 0 bridgehead atoms. The van der Waals surface area contributed by atoms with E-state index in [4.69, 9.17) is 0 Å². The molecular formula is C32H37N3O2. The Balaban J connectivity index is 1.52. The predicted octanol–water partition coefficient (Wildman–Crippen LogP) is 4.89. The van der Waals surface area contributed by atoms with Gasteiger partial charge in [-0.05, 0) is 61.9 Å². The number of pyridine rings is 2. The van der Waals surface area contributed by atoms with Gasteiger partial charge in [0.2, 0.25) is 0 Å². The third kappa shape index (κ3) is 4.82. The third-order valence-electron chi connectivity index (χ3n) is 8.03. The summed E-state index contributed by atoms with van der Waals surface area (Å²) < 4.78 is 0. The third-order valence-corrected chi connectivity index (χ3v) is 8.03. The van der Waals surface area contributed by atoms with Crippen molar-refractivity contribution in [2.24, 2.45) is 5.41 Å². The number of likely N-dealkylation sites (tertiary alicyclic amines) is 1. The molecule has 2 aromatic heterocycles. The van der Waals surface area contributed by atoms with Crippen LogP contribution in [0.3, 0.4) is 0 Å². The number of aliphatic hydroxyl groups is 2. The van der Waals surface area contributed by atoms with Crippen LogP contribution >= 0.6 is 0 Å². The Morgan fingerprint density at radius 1 is 1.03 bits per heavy atom. The highest BCUT2D eigenvalue weighted by Gasteiger charge is 2.58. The molecule has 1 aliphatic heterocycles. The smallest absolute Gasteiger partial charge is 0.165 e. The summed E-state index contributed by atoms with van der Waals surface area (Å²) in [6.07, 6.45) is 5.94. The maximum Gasteiger partial charge on any atom is 0.165 e. The van der Waals surface area contributed by atoms with Crippen LogP contribution in [0.1, 0.15) is 80.1 Å². The Morgan fingerprint density at radius 3 is 2.35 bits per heavy atom. The second-order valence-electron chi connectivity index (χ2n) is 11.6. The number of rotatable bonds is 6. The minimum Gasteiger partial charge on any atom is -0.380 e. The topological polar surface area (TPSA) is 69.5 Å². The largest absolute Gasteiger partial charge is 0.380 e. The molecular weight excluding hydrogens is 458 g/mol.